The number of aromatic nitrogens is 3. The van der Waals surface area contributed by atoms with E-state index in [1.807, 2.05) is 18.2 Å². The van der Waals surface area contributed by atoms with Gasteiger partial charge in [-0.1, -0.05) is 54.2 Å². The van der Waals surface area contributed by atoms with Gasteiger partial charge in [0, 0.05) is 12.6 Å². The number of quaternary nitrogens is 1. The Morgan fingerprint density at radius 1 is 1.14 bits per heavy atom. The van der Waals surface area contributed by atoms with Crippen molar-refractivity contribution in [2.75, 3.05) is 26.4 Å². The van der Waals surface area contributed by atoms with Crippen molar-refractivity contribution in [2.45, 2.75) is 11.2 Å². The number of thioether (sulfide) groups is 1. The van der Waals surface area contributed by atoms with Gasteiger partial charge in [-0.3, -0.25) is 4.79 Å². The quantitative estimate of drug-likeness (QED) is 0.551. The predicted molar refractivity (Wildman–Crippen MR) is 112 cm³/mol. The summed E-state index contributed by atoms with van der Waals surface area (Å²) in [7, 11) is 5.91. The molecule has 0 aliphatic heterocycles. The monoisotopic (exact) mass is 414 g/mol. The molecule has 1 aromatic heterocycles. The van der Waals surface area contributed by atoms with Crippen LogP contribution in [0.3, 0.4) is 0 Å². The summed E-state index contributed by atoms with van der Waals surface area (Å²) in [4.78, 5) is 13.6. The van der Waals surface area contributed by atoms with Gasteiger partial charge in [-0.05, 0) is 12.1 Å². The van der Waals surface area contributed by atoms with Crippen LogP contribution >= 0.6 is 11.8 Å². The Morgan fingerprint density at radius 3 is 2.52 bits per heavy atom. The van der Waals surface area contributed by atoms with Gasteiger partial charge >= 0.3 is 0 Å². The van der Waals surface area contributed by atoms with Crippen molar-refractivity contribution in [3.8, 4) is 11.4 Å². The second kappa shape index (κ2) is 9.67. The van der Waals surface area contributed by atoms with Crippen LogP contribution in [0.5, 0.6) is 0 Å². The van der Waals surface area contributed by atoms with Gasteiger partial charge in [0.1, 0.15) is 11.9 Å². The Labute approximate surface area is 174 Å². The van der Waals surface area contributed by atoms with Gasteiger partial charge in [-0.15, -0.1) is 10.2 Å². The van der Waals surface area contributed by atoms with Crippen LogP contribution in [0.15, 0.2) is 59.8 Å². The number of nitrogens with zero attached hydrogens (tertiary/aromatic N) is 3. The summed E-state index contributed by atoms with van der Waals surface area (Å²) in [5.74, 6) is 0.225. The lowest BCUT2D eigenvalue weighted by molar-refractivity contribution is -0.890. The molecule has 6 nitrogen and oxygen atoms in total. The minimum atomic E-state index is -0.351. The zero-order chi connectivity index (χ0) is 20.8. The number of hydrogen-bond acceptors (Lipinski definition) is 4. The van der Waals surface area contributed by atoms with E-state index >= 15 is 0 Å². The predicted octanol–water partition coefficient (Wildman–Crippen LogP) is 1.72. The molecule has 0 fully saturated rings. The summed E-state index contributed by atoms with van der Waals surface area (Å²) in [6.07, 6.45) is 0. The highest BCUT2D eigenvalue weighted by Gasteiger charge is 2.19. The first-order chi connectivity index (χ1) is 14.0. The van der Waals surface area contributed by atoms with Crippen LogP contribution in [0.4, 0.5) is 4.39 Å². The number of benzene rings is 2. The SMILES string of the molecule is Cn1c(SCC(=O)NC[C@@H](c2ccccc2)[NH+](C)C)nnc1-c1ccccc1F. The molecule has 0 saturated heterocycles. The van der Waals surface area contributed by atoms with Crippen molar-refractivity contribution >= 4 is 17.7 Å². The topological polar surface area (TPSA) is 64.2 Å². The molecule has 8 heteroatoms. The van der Waals surface area contributed by atoms with Crippen LogP contribution < -0.4 is 10.2 Å². The molecule has 1 atom stereocenters. The molecule has 1 heterocycles. The largest absolute Gasteiger partial charge is 0.349 e. The third-order valence-electron chi connectivity index (χ3n) is 4.68. The Hall–Kier alpha value is -2.71. The molecule has 0 radical (unpaired) electrons. The summed E-state index contributed by atoms with van der Waals surface area (Å²) < 4.78 is 15.7. The smallest absolute Gasteiger partial charge is 0.230 e. The van der Waals surface area contributed by atoms with E-state index < -0.39 is 0 Å². The molecular weight excluding hydrogens is 389 g/mol. The number of hydrogen-bond donors (Lipinski definition) is 2. The summed E-state index contributed by atoms with van der Waals surface area (Å²) in [6.45, 7) is 0.547. The number of nitrogens with one attached hydrogen (secondary N) is 2. The molecule has 0 spiro atoms. The van der Waals surface area contributed by atoms with Crippen LogP contribution in [-0.4, -0.2) is 47.1 Å². The zero-order valence-corrected chi connectivity index (χ0v) is 17.5. The van der Waals surface area contributed by atoms with Crippen molar-refractivity contribution in [1.29, 1.82) is 0 Å². The van der Waals surface area contributed by atoms with E-state index in [0.29, 0.717) is 23.1 Å². The average molecular weight is 415 g/mol. The number of halogens is 1. The van der Waals surface area contributed by atoms with E-state index in [1.54, 1.807) is 29.8 Å². The molecular formula is C21H25FN5OS+. The Morgan fingerprint density at radius 2 is 1.83 bits per heavy atom. The number of carbonyl (C=O) groups is 1. The molecule has 0 aliphatic rings. The van der Waals surface area contributed by atoms with E-state index in [0.717, 1.165) is 0 Å². The lowest BCUT2D eigenvalue weighted by Gasteiger charge is -2.22. The highest BCUT2D eigenvalue weighted by atomic mass is 32.2. The van der Waals surface area contributed by atoms with E-state index in [-0.39, 0.29) is 23.5 Å². The highest BCUT2D eigenvalue weighted by molar-refractivity contribution is 7.99. The highest BCUT2D eigenvalue weighted by Crippen LogP contribution is 2.24. The maximum Gasteiger partial charge on any atom is 0.230 e. The molecule has 2 aromatic carbocycles. The van der Waals surface area contributed by atoms with Gasteiger partial charge in [0.15, 0.2) is 11.0 Å². The van der Waals surface area contributed by atoms with Crippen LogP contribution in [0, 0.1) is 5.82 Å². The van der Waals surface area contributed by atoms with Gasteiger partial charge in [0.05, 0.1) is 32.0 Å². The third kappa shape index (κ3) is 5.21. The molecule has 3 rings (SSSR count). The van der Waals surface area contributed by atoms with Crippen molar-refractivity contribution in [3.05, 3.63) is 66.0 Å². The standard InChI is InChI=1S/C21H24FN5OS/c1-26(2)18(15-9-5-4-6-10-15)13-23-19(28)14-29-21-25-24-20(27(21)3)16-11-7-8-12-17(16)22/h4-12,18H,13-14H2,1-3H3,(H,23,28)/p+1/t18-/m0/s1. The van der Waals surface area contributed by atoms with Gasteiger partial charge in [-0.25, -0.2) is 4.39 Å². The van der Waals surface area contributed by atoms with E-state index in [2.05, 4.69) is 41.7 Å². The number of amides is 1. The fourth-order valence-electron chi connectivity index (χ4n) is 3.06. The van der Waals surface area contributed by atoms with Gasteiger partial charge < -0.3 is 14.8 Å². The van der Waals surface area contributed by atoms with E-state index in [1.165, 1.54) is 28.3 Å². The minimum Gasteiger partial charge on any atom is -0.349 e. The van der Waals surface area contributed by atoms with Gasteiger partial charge in [-0.2, -0.15) is 0 Å². The third-order valence-corrected chi connectivity index (χ3v) is 5.70. The van der Waals surface area contributed by atoms with Crippen molar-refractivity contribution in [2.24, 2.45) is 7.05 Å². The summed E-state index contributed by atoms with van der Waals surface area (Å²) >= 11 is 1.28. The van der Waals surface area contributed by atoms with Crippen LogP contribution in [0.1, 0.15) is 11.6 Å². The lowest BCUT2D eigenvalue weighted by atomic mass is 10.1. The fourth-order valence-corrected chi connectivity index (χ4v) is 3.80. The van der Waals surface area contributed by atoms with Crippen LogP contribution in [0.2, 0.25) is 0 Å². The molecule has 0 saturated carbocycles. The fraction of sp³-hybridized carbons (Fsp3) is 0.286. The maximum atomic E-state index is 14.0. The first-order valence-electron chi connectivity index (χ1n) is 9.36. The second-order valence-electron chi connectivity index (χ2n) is 6.98. The van der Waals surface area contributed by atoms with E-state index in [4.69, 9.17) is 0 Å². The summed E-state index contributed by atoms with van der Waals surface area (Å²) in [5.41, 5.74) is 1.57. The van der Waals surface area contributed by atoms with Gasteiger partial charge in [0.25, 0.3) is 0 Å². The zero-order valence-electron chi connectivity index (χ0n) is 16.7. The molecule has 0 unspecified atom stereocenters. The van der Waals surface area contributed by atoms with Crippen LogP contribution in [-0.2, 0) is 11.8 Å². The number of carbonyl (C=O) groups excluding carboxylic acids is 1. The second-order valence-corrected chi connectivity index (χ2v) is 7.92. The lowest BCUT2D eigenvalue weighted by Crippen LogP contribution is -3.07. The molecule has 3 aromatic rings. The Bertz CT molecular complexity index is 961. The first-order valence-corrected chi connectivity index (χ1v) is 10.3. The molecule has 0 bridgehead atoms. The maximum absolute atomic E-state index is 14.0. The number of likely N-dealkylation sites (N-methyl/N-ethyl adjacent to an activating group) is 1. The molecule has 0 aliphatic carbocycles. The van der Waals surface area contributed by atoms with Crippen LogP contribution in [0.25, 0.3) is 11.4 Å². The summed E-state index contributed by atoms with van der Waals surface area (Å²) in [6, 6.07) is 16.7. The van der Waals surface area contributed by atoms with Crippen molar-refractivity contribution in [1.82, 2.24) is 20.1 Å². The Balaban J connectivity index is 1.58. The normalized spacial score (nSPS) is 12.2. The van der Waals surface area contributed by atoms with E-state index in [9.17, 15) is 9.18 Å². The Kier molecular flexibility index (Phi) is 7.00. The number of rotatable bonds is 8. The summed E-state index contributed by atoms with van der Waals surface area (Å²) in [5, 5.41) is 11.7. The molecule has 2 N–H and O–H groups in total. The average Bonchev–Trinajstić information content (AvgIpc) is 3.08. The van der Waals surface area contributed by atoms with Gasteiger partial charge in [0.2, 0.25) is 5.91 Å². The van der Waals surface area contributed by atoms with Crippen molar-refractivity contribution < 1.29 is 14.1 Å². The molecule has 152 valence electrons. The van der Waals surface area contributed by atoms with Crippen molar-refractivity contribution in [3.63, 3.8) is 0 Å². The first kappa shape index (κ1) is 21.0. The minimum absolute atomic E-state index is 0.0763. The molecule has 1 amide bonds. The molecule has 29 heavy (non-hydrogen) atoms.